The van der Waals surface area contributed by atoms with E-state index < -0.39 is 0 Å². The minimum Gasteiger partial charge on any atom is -0.497 e. The number of nitrogens with one attached hydrogen (secondary N) is 4. The number of carbonyl (C=O) groups is 2. The highest BCUT2D eigenvalue weighted by Gasteiger charge is 2.17. The Morgan fingerprint density at radius 2 is 1.97 bits per heavy atom. The topological polar surface area (TPSA) is 160 Å². The van der Waals surface area contributed by atoms with Gasteiger partial charge in [-0.25, -0.2) is 19.7 Å². The molecule has 2 aromatic carbocycles. The number of urea groups is 1. The molecule has 0 aliphatic heterocycles. The van der Waals surface area contributed by atoms with Crippen LogP contribution in [0, 0.1) is 0 Å². The highest BCUT2D eigenvalue weighted by Crippen LogP contribution is 2.38. The number of nitrogen functional groups attached to an aromatic ring is 1. The fourth-order valence-corrected chi connectivity index (χ4v) is 5.45. The molecule has 198 valence electrons. The summed E-state index contributed by atoms with van der Waals surface area (Å²) in [4.78, 5) is 41.6. The van der Waals surface area contributed by atoms with Gasteiger partial charge in [0.15, 0.2) is 5.13 Å². The van der Waals surface area contributed by atoms with Crippen LogP contribution in [0.5, 0.6) is 5.75 Å². The Bertz CT molecular complexity index is 1600. The summed E-state index contributed by atoms with van der Waals surface area (Å²) in [6.45, 7) is 0.441. The molecule has 0 aliphatic rings. The van der Waals surface area contributed by atoms with Crippen LogP contribution in [0.25, 0.3) is 21.1 Å². The molecule has 13 heteroatoms. The zero-order valence-corrected chi connectivity index (χ0v) is 22.4. The van der Waals surface area contributed by atoms with Crippen LogP contribution < -0.4 is 26.4 Å². The number of H-pyrrole nitrogens is 1. The van der Waals surface area contributed by atoms with E-state index in [2.05, 4.69) is 30.9 Å². The van der Waals surface area contributed by atoms with E-state index in [4.69, 9.17) is 15.5 Å². The van der Waals surface area contributed by atoms with Gasteiger partial charge in [0.2, 0.25) is 0 Å². The van der Waals surface area contributed by atoms with Crippen LogP contribution in [-0.4, -0.2) is 45.5 Å². The summed E-state index contributed by atoms with van der Waals surface area (Å²) in [5.74, 6) is 0.652. The quantitative estimate of drug-likeness (QED) is 0.172. The number of thiazole rings is 2. The van der Waals surface area contributed by atoms with Gasteiger partial charge in [-0.3, -0.25) is 10.1 Å². The van der Waals surface area contributed by atoms with Gasteiger partial charge in [-0.05, 0) is 30.3 Å². The largest absolute Gasteiger partial charge is 0.497 e. The van der Waals surface area contributed by atoms with E-state index in [9.17, 15) is 9.59 Å². The first-order chi connectivity index (χ1) is 19.0. The maximum absolute atomic E-state index is 12.7. The smallest absolute Gasteiger partial charge is 0.321 e. The highest BCUT2D eigenvalue weighted by atomic mass is 32.1. The SMILES string of the molecule is COc1cccc(C(=O)Nc2cccc(-c3csc(-c4sc(NC(=O)NCCc5cnc[nH]5)nc4N)n3)c2)c1. The summed E-state index contributed by atoms with van der Waals surface area (Å²) in [6.07, 6.45) is 3.94. The third kappa shape index (κ3) is 6.40. The van der Waals surface area contributed by atoms with Gasteiger partial charge < -0.3 is 26.1 Å². The molecule has 0 unspecified atom stereocenters. The number of amides is 3. The number of imidazole rings is 1. The van der Waals surface area contributed by atoms with Crippen molar-refractivity contribution in [1.82, 2.24) is 25.3 Å². The lowest BCUT2D eigenvalue weighted by Gasteiger charge is -2.08. The summed E-state index contributed by atoms with van der Waals surface area (Å²) < 4.78 is 5.20. The van der Waals surface area contributed by atoms with Gasteiger partial charge in [0.25, 0.3) is 5.91 Å². The monoisotopic (exact) mass is 560 g/mol. The van der Waals surface area contributed by atoms with Gasteiger partial charge in [-0.1, -0.05) is 29.5 Å². The minimum absolute atomic E-state index is 0.243. The normalized spacial score (nSPS) is 10.7. The molecule has 0 aliphatic carbocycles. The third-order valence-corrected chi connectivity index (χ3v) is 7.54. The Morgan fingerprint density at radius 3 is 2.79 bits per heavy atom. The van der Waals surface area contributed by atoms with Gasteiger partial charge in [-0.2, -0.15) is 0 Å². The van der Waals surface area contributed by atoms with Gasteiger partial charge in [-0.15, -0.1) is 11.3 Å². The zero-order valence-electron chi connectivity index (χ0n) is 20.7. The van der Waals surface area contributed by atoms with Crippen molar-refractivity contribution in [1.29, 1.82) is 0 Å². The molecule has 5 rings (SSSR count). The second-order valence-electron chi connectivity index (χ2n) is 8.25. The lowest BCUT2D eigenvalue weighted by molar-refractivity contribution is 0.102. The molecule has 3 amide bonds. The molecule has 0 atom stereocenters. The third-order valence-electron chi connectivity index (χ3n) is 5.56. The average Bonchev–Trinajstić information content (AvgIpc) is 3.71. The minimum atomic E-state index is -0.373. The molecule has 5 aromatic rings. The fraction of sp³-hybridized carbons (Fsp3) is 0.115. The summed E-state index contributed by atoms with van der Waals surface area (Å²) in [5, 5.41) is 11.4. The maximum Gasteiger partial charge on any atom is 0.321 e. The van der Waals surface area contributed by atoms with Crippen LogP contribution in [-0.2, 0) is 6.42 Å². The van der Waals surface area contributed by atoms with Crippen LogP contribution in [0.15, 0.2) is 66.4 Å². The number of hydrogen-bond donors (Lipinski definition) is 5. The number of carbonyl (C=O) groups excluding carboxylic acids is 2. The van der Waals surface area contributed by atoms with Crippen molar-refractivity contribution in [2.75, 3.05) is 30.0 Å². The summed E-state index contributed by atoms with van der Waals surface area (Å²) in [5.41, 5.74) is 9.76. The Morgan fingerprint density at radius 1 is 1.10 bits per heavy atom. The standard InChI is InChI=1S/C26H24N8O3S2/c1-37-19-7-3-5-16(11-19)23(35)31-17-6-2-4-15(10-17)20-13-38-24(32-20)21-22(27)33-26(39-21)34-25(36)29-9-8-18-12-28-14-30-18/h2-7,10-14H,8-9,27H2,1H3,(H,28,30)(H,31,35)(H2,29,33,34,36). The van der Waals surface area contributed by atoms with Crippen LogP contribution in [0.2, 0.25) is 0 Å². The second-order valence-corrected chi connectivity index (χ2v) is 10.1. The number of benzene rings is 2. The van der Waals surface area contributed by atoms with E-state index in [1.807, 2.05) is 29.6 Å². The van der Waals surface area contributed by atoms with Crippen molar-refractivity contribution < 1.29 is 14.3 Å². The summed E-state index contributed by atoms with van der Waals surface area (Å²) in [6, 6.07) is 14.0. The van der Waals surface area contributed by atoms with Crippen molar-refractivity contribution >= 4 is 51.2 Å². The van der Waals surface area contributed by atoms with E-state index in [-0.39, 0.29) is 17.8 Å². The van der Waals surface area contributed by atoms with E-state index in [1.54, 1.807) is 43.9 Å². The van der Waals surface area contributed by atoms with Gasteiger partial charge in [0.05, 0.1) is 19.1 Å². The molecule has 3 heterocycles. The molecular formula is C26H24N8O3S2. The van der Waals surface area contributed by atoms with Crippen molar-refractivity contribution in [2.24, 2.45) is 0 Å². The number of nitrogens with zero attached hydrogens (tertiary/aromatic N) is 3. The molecule has 6 N–H and O–H groups in total. The molecule has 11 nitrogen and oxygen atoms in total. The predicted molar refractivity (Wildman–Crippen MR) is 153 cm³/mol. The Hall–Kier alpha value is -4.75. The van der Waals surface area contributed by atoms with Crippen molar-refractivity contribution in [3.05, 3.63) is 77.7 Å². The van der Waals surface area contributed by atoms with Crippen LogP contribution in [0.4, 0.5) is 21.4 Å². The lowest BCUT2D eigenvalue weighted by Crippen LogP contribution is -2.30. The average molecular weight is 561 g/mol. The number of aromatic amines is 1. The zero-order chi connectivity index (χ0) is 27.2. The van der Waals surface area contributed by atoms with E-state index in [0.717, 1.165) is 17.0 Å². The molecular weight excluding hydrogens is 536 g/mol. The van der Waals surface area contributed by atoms with Gasteiger partial charge in [0, 0.05) is 47.1 Å². The van der Waals surface area contributed by atoms with Gasteiger partial charge in [0.1, 0.15) is 21.5 Å². The lowest BCUT2D eigenvalue weighted by atomic mass is 10.1. The first-order valence-corrected chi connectivity index (χ1v) is 13.5. The van der Waals surface area contributed by atoms with Crippen LogP contribution >= 0.6 is 22.7 Å². The van der Waals surface area contributed by atoms with Crippen molar-refractivity contribution in [3.63, 3.8) is 0 Å². The maximum atomic E-state index is 12.7. The van der Waals surface area contributed by atoms with Crippen LogP contribution in [0.1, 0.15) is 16.1 Å². The molecule has 0 bridgehead atoms. The molecule has 0 saturated heterocycles. The van der Waals surface area contributed by atoms with Crippen LogP contribution in [0.3, 0.4) is 0 Å². The molecule has 0 radical (unpaired) electrons. The number of hydrogen-bond acceptors (Lipinski definition) is 9. The highest BCUT2D eigenvalue weighted by molar-refractivity contribution is 7.23. The number of anilines is 3. The number of rotatable bonds is 9. The molecule has 0 spiro atoms. The first kappa shape index (κ1) is 25.9. The van der Waals surface area contributed by atoms with Crippen molar-refractivity contribution in [2.45, 2.75) is 6.42 Å². The number of nitrogens with two attached hydrogens (primary N) is 1. The van der Waals surface area contributed by atoms with E-state index in [1.165, 1.54) is 22.7 Å². The number of ether oxygens (including phenoxy) is 1. The molecule has 0 saturated carbocycles. The molecule has 39 heavy (non-hydrogen) atoms. The summed E-state index contributed by atoms with van der Waals surface area (Å²) in [7, 11) is 1.56. The van der Waals surface area contributed by atoms with E-state index in [0.29, 0.717) is 45.0 Å². The molecule has 0 fully saturated rings. The first-order valence-electron chi connectivity index (χ1n) is 11.8. The Balaban J connectivity index is 1.23. The second kappa shape index (κ2) is 11.8. The number of methoxy groups -OCH3 is 1. The Labute approximate surface area is 231 Å². The fourth-order valence-electron chi connectivity index (χ4n) is 3.65. The van der Waals surface area contributed by atoms with Crippen molar-refractivity contribution in [3.8, 4) is 26.9 Å². The van der Waals surface area contributed by atoms with Gasteiger partial charge >= 0.3 is 6.03 Å². The van der Waals surface area contributed by atoms with E-state index >= 15 is 0 Å². The Kier molecular flexibility index (Phi) is 7.80. The number of aromatic nitrogens is 4. The molecule has 3 aromatic heterocycles. The summed E-state index contributed by atoms with van der Waals surface area (Å²) >= 11 is 2.67. The predicted octanol–water partition coefficient (Wildman–Crippen LogP) is 4.86.